The van der Waals surface area contributed by atoms with Crippen molar-refractivity contribution in [2.45, 2.75) is 33.2 Å². The van der Waals surface area contributed by atoms with E-state index < -0.39 is 0 Å². The van der Waals surface area contributed by atoms with Crippen LogP contribution in [-0.2, 0) is 0 Å². The Hall–Kier alpha value is -0.590. The van der Waals surface area contributed by atoms with Gasteiger partial charge in [-0.05, 0) is 27.7 Å². The zero-order valence-electron chi connectivity index (χ0n) is 10.5. The van der Waals surface area contributed by atoms with Gasteiger partial charge < -0.3 is 0 Å². The number of nitriles is 1. The van der Waals surface area contributed by atoms with Gasteiger partial charge in [-0.15, -0.1) is 0 Å². The summed E-state index contributed by atoms with van der Waals surface area (Å²) in [6.07, 6.45) is 0. The first-order valence-corrected chi connectivity index (χ1v) is 5.80. The maximum absolute atomic E-state index is 8.76. The highest BCUT2D eigenvalue weighted by atomic mass is 15.3. The lowest BCUT2D eigenvalue weighted by atomic mass is 10.0. The Balaban J connectivity index is 2.34. The molecule has 15 heavy (non-hydrogen) atoms. The fourth-order valence-electron chi connectivity index (χ4n) is 2.03. The molecule has 0 aromatic rings. The molecule has 0 aromatic heterocycles. The van der Waals surface area contributed by atoms with Crippen LogP contribution < -0.4 is 0 Å². The van der Waals surface area contributed by atoms with E-state index in [1.807, 2.05) is 6.92 Å². The number of rotatable bonds is 2. The van der Waals surface area contributed by atoms with E-state index in [0.29, 0.717) is 0 Å². The molecule has 0 aliphatic carbocycles. The van der Waals surface area contributed by atoms with Crippen LogP contribution in [0.4, 0.5) is 0 Å². The molecule has 1 rings (SSSR count). The lowest BCUT2D eigenvalue weighted by Crippen LogP contribution is -2.53. The number of nitrogens with zero attached hydrogens (tertiary/aromatic N) is 3. The summed E-state index contributed by atoms with van der Waals surface area (Å²) in [6, 6.07) is 2.30. The first-order valence-electron chi connectivity index (χ1n) is 5.80. The Morgan fingerprint density at radius 3 is 2.13 bits per heavy atom. The molecular weight excluding hydrogens is 186 g/mol. The molecule has 0 N–H and O–H groups in total. The van der Waals surface area contributed by atoms with Crippen LogP contribution in [0, 0.1) is 17.2 Å². The molecular formula is C12H23N3. The minimum atomic E-state index is 0.159. The topological polar surface area (TPSA) is 30.3 Å². The second kappa shape index (κ2) is 4.96. The van der Waals surface area contributed by atoms with E-state index >= 15 is 0 Å². The van der Waals surface area contributed by atoms with E-state index in [0.717, 1.165) is 32.7 Å². The van der Waals surface area contributed by atoms with Crippen molar-refractivity contribution < 1.29 is 0 Å². The number of hydrogen-bond acceptors (Lipinski definition) is 3. The summed E-state index contributed by atoms with van der Waals surface area (Å²) in [5.41, 5.74) is 0.285. The van der Waals surface area contributed by atoms with Gasteiger partial charge in [0.2, 0.25) is 0 Å². The SMILES string of the molecule is CC(C#N)CN1CCN(C(C)(C)C)CC1. The highest BCUT2D eigenvalue weighted by Gasteiger charge is 2.25. The van der Waals surface area contributed by atoms with Crippen LogP contribution in [0.5, 0.6) is 0 Å². The monoisotopic (exact) mass is 209 g/mol. The molecule has 0 radical (unpaired) electrons. The van der Waals surface area contributed by atoms with Crippen LogP contribution in [0.25, 0.3) is 0 Å². The fourth-order valence-corrected chi connectivity index (χ4v) is 2.03. The molecule has 3 heteroatoms. The lowest BCUT2D eigenvalue weighted by Gasteiger charge is -2.42. The second-order valence-corrected chi connectivity index (χ2v) is 5.49. The summed E-state index contributed by atoms with van der Waals surface area (Å²) in [6.45, 7) is 14.2. The van der Waals surface area contributed by atoms with E-state index in [4.69, 9.17) is 5.26 Å². The summed E-state index contributed by atoms with van der Waals surface area (Å²) >= 11 is 0. The Bertz CT molecular complexity index is 228. The van der Waals surface area contributed by atoms with E-state index in [2.05, 4.69) is 36.6 Å². The van der Waals surface area contributed by atoms with Crippen molar-refractivity contribution in [1.82, 2.24) is 9.80 Å². The minimum Gasteiger partial charge on any atom is -0.300 e. The van der Waals surface area contributed by atoms with Crippen molar-refractivity contribution in [1.29, 1.82) is 5.26 Å². The lowest BCUT2D eigenvalue weighted by molar-refractivity contribution is 0.0593. The predicted octanol–water partition coefficient (Wildman–Crippen LogP) is 1.56. The first kappa shape index (κ1) is 12.5. The summed E-state index contributed by atoms with van der Waals surface area (Å²) in [5, 5.41) is 8.76. The summed E-state index contributed by atoms with van der Waals surface area (Å²) in [7, 11) is 0. The van der Waals surface area contributed by atoms with Gasteiger partial charge in [-0.25, -0.2) is 0 Å². The molecule has 3 nitrogen and oxygen atoms in total. The molecule has 0 aromatic carbocycles. The molecule has 0 bridgehead atoms. The normalized spacial score (nSPS) is 22.3. The average molecular weight is 209 g/mol. The number of hydrogen-bond donors (Lipinski definition) is 0. The van der Waals surface area contributed by atoms with E-state index in [1.165, 1.54) is 0 Å². The Morgan fingerprint density at radius 1 is 1.20 bits per heavy atom. The third kappa shape index (κ3) is 3.81. The molecule has 1 aliphatic heterocycles. The Kier molecular flexibility index (Phi) is 4.12. The van der Waals surface area contributed by atoms with Gasteiger partial charge >= 0.3 is 0 Å². The maximum Gasteiger partial charge on any atom is 0.0666 e. The van der Waals surface area contributed by atoms with Crippen LogP contribution in [0.1, 0.15) is 27.7 Å². The van der Waals surface area contributed by atoms with Gasteiger partial charge in [0.15, 0.2) is 0 Å². The van der Waals surface area contributed by atoms with Crippen LogP contribution in [-0.4, -0.2) is 48.1 Å². The smallest absolute Gasteiger partial charge is 0.0666 e. The highest BCUT2D eigenvalue weighted by molar-refractivity contribution is 4.86. The third-order valence-corrected chi connectivity index (χ3v) is 3.07. The van der Waals surface area contributed by atoms with Crippen molar-refractivity contribution >= 4 is 0 Å². The largest absolute Gasteiger partial charge is 0.300 e. The van der Waals surface area contributed by atoms with Crippen LogP contribution in [0.3, 0.4) is 0 Å². The van der Waals surface area contributed by atoms with Crippen molar-refractivity contribution in [3.05, 3.63) is 0 Å². The van der Waals surface area contributed by atoms with Gasteiger partial charge in [-0.1, -0.05) is 0 Å². The first-order chi connectivity index (χ1) is 6.93. The van der Waals surface area contributed by atoms with Crippen LogP contribution in [0.15, 0.2) is 0 Å². The molecule has 86 valence electrons. The van der Waals surface area contributed by atoms with E-state index in [1.54, 1.807) is 0 Å². The fraction of sp³-hybridized carbons (Fsp3) is 0.917. The zero-order valence-corrected chi connectivity index (χ0v) is 10.5. The van der Waals surface area contributed by atoms with Gasteiger partial charge in [0, 0.05) is 38.3 Å². The van der Waals surface area contributed by atoms with E-state index in [-0.39, 0.29) is 11.5 Å². The molecule has 1 unspecified atom stereocenters. The second-order valence-electron chi connectivity index (χ2n) is 5.49. The highest BCUT2D eigenvalue weighted by Crippen LogP contribution is 2.16. The van der Waals surface area contributed by atoms with Gasteiger partial charge in [0.05, 0.1) is 12.0 Å². The summed E-state index contributed by atoms with van der Waals surface area (Å²) < 4.78 is 0. The van der Waals surface area contributed by atoms with Gasteiger partial charge in [0.1, 0.15) is 0 Å². The molecule has 0 spiro atoms. The van der Waals surface area contributed by atoms with Crippen molar-refractivity contribution in [3.8, 4) is 6.07 Å². The van der Waals surface area contributed by atoms with Crippen LogP contribution >= 0.6 is 0 Å². The molecule has 1 heterocycles. The van der Waals surface area contributed by atoms with Gasteiger partial charge in [-0.2, -0.15) is 5.26 Å². The quantitative estimate of drug-likeness (QED) is 0.691. The average Bonchev–Trinajstić information content (AvgIpc) is 2.17. The Labute approximate surface area is 93.7 Å². The maximum atomic E-state index is 8.76. The van der Waals surface area contributed by atoms with Crippen LogP contribution in [0.2, 0.25) is 0 Å². The van der Waals surface area contributed by atoms with Crippen molar-refractivity contribution in [2.24, 2.45) is 5.92 Å². The molecule has 1 fully saturated rings. The predicted molar refractivity (Wildman–Crippen MR) is 62.5 cm³/mol. The third-order valence-electron chi connectivity index (χ3n) is 3.07. The molecule has 1 atom stereocenters. The molecule has 0 saturated carbocycles. The molecule has 1 saturated heterocycles. The van der Waals surface area contributed by atoms with Crippen molar-refractivity contribution in [3.63, 3.8) is 0 Å². The summed E-state index contributed by atoms with van der Waals surface area (Å²) in [5.74, 6) is 0.159. The van der Waals surface area contributed by atoms with Gasteiger partial charge in [0.25, 0.3) is 0 Å². The standard InChI is InChI=1S/C12H23N3/c1-11(9-13)10-14-5-7-15(8-6-14)12(2,3)4/h11H,5-8,10H2,1-4H3. The molecule has 0 amide bonds. The minimum absolute atomic E-state index is 0.159. The molecule has 1 aliphatic rings. The number of piperazine rings is 1. The Morgan fingerprint density at radius 2 is 1.73 bits per heavy atom. The summed E-state index contributed by atoms with van der Waals surface area (Å²) in [4.78, 5) is 4.91. The van der Waals surface area contributed by atoms with E-state index in [9.17, 15) is 0 Å². The zero-order chi connectivity index (χ0) is 11.5. The van der Waals surface area contributed by atoms with Gasteiger partial charge in [-0.3, -0.25) is 9.80 Å². The van der Waals surface area contributed by atoms with Crippen molar-refractivity contribution in [2.75, 3.05) is 32.7 Å².